The van der Waals surface area contributed by atoms with Gasteiger partial charge < -0.3 is 5.11 Å². The van der Waals surface area contributed by atoms with Crippen LogP contribution in [0.2, 0.25) is 0 Å². The maximum absolute atomic E-state index is 12.1. The number of aliphatic hydroxyl groups is 1. The quantitative estimate of drug-likeness (QED) is 0.784. The number of allylic oxidation sites excluding steroid dienone is 2. The van der Waals surface area contributed by atoms with Crippen LogP contribution in [0.25, 0.3) is 0 Å². The topological polar surface area (TPSA) is 49.7 Å². The Labute approximate surface area is 128 Å². The molecule has 0 radical (unpaired) electrons. The van der Waals surface area contributed by atoms with E-state index in [1.807, 2.05) is 13.8 Å². The Morgan fingerprint density at radius 1 is 1.24 bits per heavy atom. The van der Waals surface area contributed by atoms with Crippen molar-refractivity contribution in [2.24, 2.45) is 27.7 Å². The summed E-state index contributed by atoms with van der Waals surface area (Å²) in [6.45, 7) is 11.7. The van der Waals surface area contributed by atoms with Crippen molar-refractivity contribution < 1.29 is 9.90 Å². The molecule has 2 rings (SSSR count). The van der Waals surface area contributed by atoms with Gasteiger partial charge in [0.15, 0.2) is 5.78 Å². The van der Waals surface area contributed by atoms with E-state index in [1.165, 1.54) is 12.8 Å². The van der Waals surface area contributed by atoms with Crippen LogP contribution in [0.15, 0.2) is 16.3 Å². The molecule has 3 heteroatoms. The molecule has 0 aromatic rings. The molecule has 1 fully saturated rings. The number of carbonyl (C=O) groups excluding carboxylic acids is 1. The average molecular weight is 291 g/mol. The largest absolute Gasteiger partial charge is 0.511 e. The van der Waals surface area contributed by atoms with Crippen LogP contribution < -0.4 is 0 Å². The predicted octanol–water partition coefficient (Wildman–Crippen LogP) is 4.33. The van der Waals surface area contributed by atoms with Crippen molar-refractivity contribution in [1.29, 1.82) is 0 Å². The molecule has 0 aromatic heterocycles. The number of Topliss-reactive ketones (excluding diaryl/α,β-unsaturated/α-hetero) is 1. The van der Waals surface area contributed by atoms with E-state index in [1.54, 1.807) is 6.21 Å². The lowest BCUT2D eigenvalue weighted by molar-refractivity contribution is -0.117. The summed E-state index contributed by atoms with van der Waals surface area (Å²) in [5.74, 6) is 1.62. The van der Waals surface area contributed by atoms with Crippen LogP contribution in [-0.2, 0) is 4.79 Å². The number of nitrogens with zero attached hydrogens (tertiary/aromatic N) is 1. The van der Waals surface area contributed by atoms with Crippen molar-refractivity contribution >= 4 is 12.0 Å². The maximum atomic E-state index is 12.1. The highest BCUT2D eigenvalue weighted by Crippen LogP contribution is 2.52. The molecule has 0 heterocycles. The summed E-state index contributed by atoms with van der Waals surface area (Å²) in [5, 5.41) is 10.1. The predicted molar refractivity (Wildman–Crippen MR) is 86.7 cm³/mol. The number of hydrogen-bond acceptors (Lipinski definition) is 3. The summed E-state index contributed by atoms with van der Waals surface area (Å²) < 4.78 is 0. The van der Waals surface area contributed by atoms with Gasteiger partial charge in [0.25, 0.3) is 0 Å². The van der Waals surface area contributed by atoms with Crippen molar-refractivity contribution in [3.8, 4) is 0 Å². The van der Waals surface area contributed by atoms with Gasteiger partial charge in [-0.25, -0.2) is 0 Å². The van der Waals surface area contributed by atoms with Crippen LogP contribution in [-0.4, -0.2) is 23.6 Å². The van der Waals surface area contributed by atoms with Crippen molar-refractivity contribution in [2.45, 2.75) is 60.3 Å². The number of aliphatic hydroxyl groups excluding tert-OH is 1. The molecule has 0 amide bonds. The number of ketones is 1. The second-order valence-electron chi connectivity index (χ2n) is 8.15. The van der Waals surface area contributed by atoms with E-state index >= 15 is 0 Å². The Balaban J connectivity index is 1.98. The third-order valence-corrected chi connectivity index (χ3v) is 5.61. The molecular weight excluding hydrogens is 262 g/mol. The molecule has 0 spiro atoms. The van der Waals surface area contributed by atoms with Gasteiger partial charge >= 0.3 is 0 Å². The molecule has 0 saturated heterocycles. The minimum Gasteiger partial charge on any atom is -0.511 e. The van der Waals surface area contributed by atoms with E-state index < -0.39 is 0 Å². The van der Waals surface area contributed by atoms with E-state index in [9.17, 15) is 9.90 Å². The van der Waals surface area contributed by atoms with Gasteiger partial charge in [-0.1, -0.05) is 41.0 Å². The normalized spacial score (nSPS) is 31.6. The molecule has 21 heavy (non-hydrogen) atoms. The molecule has 2 aliphatic rings. The van der Waals surface area contributed by atoms with Gasteiger partial charge in [0.05, 0.1) is 5.57 Å². The van der Waals surface area contributed by atoms with E-state index in [0.29, 0.717) is 29.7 Å². The van der Waals surface area contributed by atoms with Gasteiger partial charge in [-0.05, 0) is 29.1 Å². The molecule has 0 aromatic carbocycles. The Bertz CT molecular complexity index is 485. The lowest BCUT2D eigenvalue weighted by Gasteiger charge is -2.51. The summed E-state index contributed by atoms with van der Waals surface area (Å²) in [7, 11) is 0. The number of aliphatic imine (C=N–C) groups is 1. The maximum Gasteiger partial charge on any atom is 0.168 e. The highest BCUT2D eigenvalue weighted by Gasteiger charge is 2.46. The molecule has 2 unspecified atom stereocenters. The first-order valence-corrected chi connectivity index (χ1v) is 8.12. The van der Waals surface area contributed by atoms with Gasteiger partial charge in [-0.15, -0.1) is 0 Å². The number of carbonyl (C=O) groups is 1. The van der Waals surface area contributed by atoms with Crippen LogP contribution >= 0.6 is 0 Å². The Morgan fingerprint density at radius 2 is 1.90 bits per heavy atom. The molecule has 1 saturated carbocycles. The van der Waals surface area contributed by atoms with Crippen LogP contribution in [0.4, 0.5) is 0 Å². The smallest absolute Gasteiger partial charge is 0.168 e. The van der Waals surface area contributed by atoms with Gasteiger partial charge in [-0.2, -0.15) is 0 Å². The summed E-state index contributed by atoms with van der Waals surface area (Å²) in [6, 6.07) is 0. The molecule has 1 N–H and O–H groups in total. The lowest BCUT2D eigenvalue weighted by atomic mass is 9.54. The van der Waals surface area contributed by atoms with Crippen LogP contribution in [0, 0.1) is 22.7 Å². The SMILES string of the molecule is CCC1CC(CN=CC2=C(O)CC(C)(C)CC2=O)C1(C)C. The lowest BCUT2D eigenvalue weighted by Crippen LogP contribution is -2.45. The van der Waals surface area contributed by atoms with Crippen LogP contribution in [0.5, 0.6) is 0 Å². The summed E-state index contributed by atoms with van der Waals surface area (Å²) in [5.41, 5.74) is 0.641. The standard InChI is InChI=1S/C18H29NO2/c1-6-12-7-13(18(12,4)5)10-19-11-14-15(20)8-17(2,3)9-16(14)21/h11-13,20H,6-10H2,1-5H3. The first kappa shape index (κ1) is 16.3. The number of rotatable bonds is 4. The zero-order chi connectivity index (χ0) is 15.8. The van der Waals surface area contributed by atoms with Gasteiger partial charge in [-0.3, -0.25) is 9.79 Å². The van der Waals surface area contributed by atoms with E-state index in [4.69, 9.17) is 0 Å². The Hall–Kier alpha value is -1.12. The first-order valence-electron chi connectivity index (χ1n) is 8.12. The second-order valence-corrected chi connectivity index (χ2v) is 8.15. The summed E-state index contributed by atoms with van der Waals surface area (Å²) >= 11 is 0. The minimum atomic E-state index is -0.136. The van der Waals surface area contributed by atoms with Crippen molar-refractivity contribution in [2.75, 3.05) is 6.54 Å². The average Bonchev–Trinajstić information content (AvgIpc) is 2.33. The van der Waals surface area contributed by atoms with E-state index in [2.05, 4.69) is 25.8 Å². The van der Waals surface area contributed by atoms with Crippen LogP contribution in [0.3, 0.4) is 0 Å². The minimum absolute atomic E-state index is 0.0202. The molecule has 2 atom stereocenters. The number of hydrogen-bond donors (Lipinski definition) is 1. The fraction of sp³-hybridized carbons (Fsp3) is 0.778. The fourth-order valence-corrected chi connectivity index (χ4v) is 3.85. The fourth-order valence-electron chi connectivity index (χ4n) is 3.85. The molecule has 2 aliphatic carbocycles. The molecule has 118 valence electrons. The van der Waals surface area contributed by atoms with Gasteiger partial charge in [0.2, 0.25) is 0 Å². The Morgan fingerprint density at radius 3 is 2.43 bits per heavy atom. The van der Waals surface area contributed by atoms with E-state index in [-0.39, 0.29) is 17.0 Å². The summed E-state index contributed by atoms with van der Waals surface area (Å²) in [6.07, 6.45) is 5.12. The monoisotopic (exact) mass is 291 g/mol. The zero-order valence-electron chi connectivity index (χ0n) is 14.1. The van der Waals surface area contributed by atoms with Crippen molar-refractivity contribution in [3.05, 3.63) is 11.3 Å². The first-order chi connectivity index (χ1) is 9.67. The highest BCUT2D eigenvalue weighted by atomic mass is 16.3. The molecule has 3 nitrogen and oxygen atoms in total. The van der Waals surface area contributed by atoms with Crippen LogP contribution in [0.1, 0.15) is 60.3 Å². The third-order valence-electron chi connectivity index (χ3n) is 5.61. The van der Waals surface area contributed by atoms with Gasteiger partial charge in [0.1, 0.15) is 5.76 Å². The molecular formula is C18H29NO2. The second kappa shape index (κ2) is 5.58. The van der Waals surface area contributed by atoms with Crippen molar-refractivity contribution in [3.63, 3.8) is 0 Å². The summed E-state index contributed by atoms with van der Waals surface area (Å²) in [4.78, 5) is 16.6. The molecule has 0 aliphatic heterocycles. The van der Waals surface area contributed by atoms with Gasteiger partial charge in [0, 0.05) is 25.6 Å². The zero-order valence-corrected chi connectivity index (χ0v) is 14.1. The highest BCUT2D eigenvalue weighted by molar-refractivity contribution is 6.14. The molecule has 0 bridgehead atoms. The van der Waals surface area contributed by atoms with E-state index in [0.717, 1.165) is 12.5 Å². The third kappa shape index (κ3) is 3.22. The Kier molecular flexibility index (Phi) is 4.32. The van der Waals surface area contributed by atoms with Crippen molar-refractivity contribution in [1.82, 2.24) is 0 Å².